The monoisotopic (exact) mass is 408 g/mol. The molecule has 1 aliphatic rings. The highest BCUT2D eigenvalue weighted by molar-refractivity contribution is 5.75. The van der Waals surface area contributed by atoms with Gasteiger partial charge in [-0.3, -0.25) is 0 Å². The fourth-order valence-corrected chi connectivity index (χ4v) is 3.54. The minimum absolute atomic E-state index is 0.144. The average Bonchev–Trinajstić information content (AvgIpc) is 3.47. The summed E-state index contributed by atoms with van der Waals surface area (Å²) >= 11 is 0. The van der Waals surface area contributed by atoms with Gasteiger partial charge in [0.05, 0.1) is 14.2 Å². The first-order valence-corrected chi connectivity index (χ1v) is 9.83. The Bertz CT molecular complexity index is 1000. The van der Waals surface area contributed by atoms with Crippen LogP contribution < -0.4 is 14.8 Å². The summed E-state index contributed by atoms with van der Waals surface area (Å²) in [5.41, 5.74) is 1.80. The molecule has 3 aromatic rings. The predicted molar refractivity (Wildman–Crippen MR) is 110 cm³/mol. The number of amides is 2. The van der Waals surface area contributed by atoms with Crippen molar-refractivity contribution in [3.63, 3.8) is 0 Å². The lowest BCUT2D eigenvalue weighted by atomic mass is 10.2. The molecule has 1 atom stereocenters. The number of benzene rings is 2. The highest BCUT2D eigenvalue weighted by atomic mass is 16.5. The molecule has 1 aliphatic heterocycles. The molecule has 2 heterocycles. The van der Waals surface area contributed by atoms with Crippen LogP contribution in [0.1, 0.15) is 30.3 Å². The van der Waals surface area contributed by atoms with Crippen molar-refractivity contribution in [3.8, 4) is 22.9 Å². The number of aromatic nitrogens is 2. The van der Waals surface area contributed by atoms with Crippen LogP contribution in [-0.2, 0) is 6.54 Å². The fraction of sp³-hybridized carbons (Fsp3) is 0.318. The van der Waals surface area contributed by atoms with E-state index in [2.05, 4.69) is 15.5 Å². The number of likely N-dealkylation sites (tertiary alicyclic amines) is 1. The van der Waals surface area contributed by atoms with Crippen LogP contribution in [0.4, 0.5) is 4.79 Å². The summed E-state index contributed by atoms with van der Waals surface area (Å²) in [4.78, 5) is 19.1. The zero-order chi connectivity index (χ0) is 20.9. The van der Waals surface area contributed by atoms with Gasteiger partial charge in [0, 0.05) is 18.7 Å². The predicted octanol–water partition coefficient (Wildman–Crippen LogP) is 3.80. The number of nitrogens with zero attached hydrogens (tertiary/aromatic N) is 3. The number of urea groups is 1. The maximum absolute atomic E-state index is 12.8. The molecular weight excluding hydrogens is 384 g/mol. The molecule has 156 valence electrons. The number of hydrogen-bond donors (Lipinski definition) is 1. The third kappa shape index (κ3) is 4.22. The van der Waals surface area contributed by atoms with Crippen LogP contribution in [0.3, 0.4) is 0 Å². The summed E-state index contributed by atoms with van der Waals surface area (Å²) in [6.07, 6.45) is 1.67. The van der Waals surface area contributed by atoms with Crippen molar-refractivity contribution < 1.29 is 18.8 Å². The van der Waals surface area contributed by atoms with Crippen LogP contribution in [0.15, 0.2) is 53.1 Å². The zero-order valence-corrected chi connectivity index (χ0v) is 17.0. The van der Waals surface area contributed by atoms with Gasteiger partial charge in [0.2, 0.25) is 11.7 Å². The van der Waals surface area contributed by atoms with Gasteiger partial charge in [0.25, 0.3) is 0 Å². The van der Waals surface area contributed by atoms with Gasteiger partial charge < -0.3 is 24.2 Å². The van der Waals surface area contributed by atoms with Crippen LogP contribution in [0.2, 0.25) is 0 Å². The highest BCUT2D eigenvalue weighted by Gasteiger charge is 2.34. The lowest BCUT2D eigenvalue weighted by Gasteiger charge is -2.22. The SMILES string of the molecule is COc1ccc(CNC(=O)N2CCC[C@H]2c2nc(-c3cccc(OC)c3)no2)cc1. The van der Waals surface area contributed by atoms with Gasteiger partial charge in [0.15, 0.2) is 0 Å². The average molecular weight is 408 g/mol. The summed E-state index contributed by atoms with van der Waals surface area (Å²) in [5.74, 6) is 2.44. The van der Waals surface area contributed by atoms with Gasteiger partial charge in [-0.1, -0.05) is 29.4 Å². The summed E-state index contributed by atoms with van der Waals surface area (Å²) in [6, 6.07) is 14.7. The van der Waals surface area contributed by atoms with Crippen LogP contribution in [0.25, 0.3) is 11.4 Å². The molecule has 0 aliphatic carbocycles. The van der Waals surface area contributed by atoms with E-state index in [4.69, 9.17) is 14.0 Å². The summed E-state index contributed by atoms with van der Waals surface area (Å²) in [5, 5.41) is 7.07. The Labute approximate surface area is 174 Å². The second-order valence-corrected chi connectivity index (χ2v) is 7.05. The Kier molecular flexibility index (Phi) is 5.83. The van der Waals surface area contributed by atoms with Crippen molar-refractivity contribution in [2.45, 2.75) is 25.4 Å². The first kappa shape index (κ1) is 19.8. The van der Waals surface area contributed by atoms with E-state index < -0.39 is 0 Å². The molecule has 2 amide bonds. The lowest BCUT2D eigenvalue weighted by molar-refractivity contribution is 0.180. The molecule has 0 saturated carbocycles. The van der Waals surface area contributed by atoms with Crippen LogP contribution in [-0.4, -0.2) is 41.8 Å². The van der Waals surface area contributed by atoms with Crippen molar-refractivity contribution in [1.29, 1.82) is 0 Å². The van der Waals surface area contributed by atoms with Crippen molar-refractivity contribution in [1.82, 2.24) is 20.4 Å². The maximum Gasteiger partial charge on any atom is 0.318 e. The van der Waals surface area contributed by atoms with E-state index in [-0.39, 0.29) is 12.1 Å². The molecule has 0 bridgehead atoms. The van der Waals surface area contributed by atoms with Crippen molar-refractivity contribution in [2.75, 3.05) is 20.8 Å². The molecule has 4 rings (SSSR count). The quantitative estimate of drug-likeness (QED) is 0.667. The molecule has 1 aromatic heterocycles. The largest absolute Gasteiger partial charge is 0.497 e. The van der Waals surface area contributed by atoms with E-state index in [0.29, 0.717) is 24.8 Å². The van der Waals surface area contributed by atoms with Crippen molar-refractivity contribution in [2.24, 2.45) is 0 Å². The van der Waals surface area contributed by atoms with Crippen molar-refractivity contribution in [3.05, 3.63) is 60.0 Å². The molecule has 0 radical (unpaired) electrons. The van der Waals surface area contributed by atoms with Gasteiger partial charge in [0.1, 0.15) is 17.5 Å². The molecule has 8 nitrogen and oxygen atoms in total. The summed E-state index contributed by atoms with van der Waals surface area (Å²) in [6.45, 7) is 1.08. The number of hydrogen-bond acceptors (Lipinski definition) is 6. The zero-order valence-electron chi connectivity index (χ0n) is 17.0. The van der Waals surface area contributed by atoms with E-state index in [9.17, 15) is 4.79 Å². The number of nitrogens with one attached hydrogen (secondary N) is 1. The minimum Gasteiger partial charge on any atom is -0.497 e. The lowest BCUT2D eigenvalue weighted by Crippen LogP contribution is -2.39. The number of carbonyl (C=O) groups is 1. The molecule has 8 heteroatoms. The highest BCUT2D eigenvalue weighted by Crippen LogP contribution is 2.32. The maximum atomic E-state index is 12.8. The van der Waals surface area contributed by atoms with Crippen LogP contribution in [0, 0.1) is 0 Å². The molecular formula is C22H24N4O4. The van der Waals surface area contributed by atoms with E-state index in [0.717, 1.165) is 35.5 Å². The number of methoxy groups -OCH3 is 2. The molecule has 1 saturated heterocycles. The Balaban J connectivity index is 1.42. The van der Waals surface area contributed by atoms with Gasteiger partial charge >= 0.3 is 6.03 Å². The van der Waals surface area contributed by atoms with E-state index in [1.807, 2.05) is 48.5 Å². The molecule has 30 heavy (non-hydrogen) atoms. The van der Waals surface area contributed by atoms with Gasteiger partial charge in [-0.2, -0.15) is 4.98 Å². The second kappa shape index (κ2) is 8.86. The van der Waals surface area contributed by atoms with E-state index in [1.165, 1.54) is 0 Å². The summed E-state index contributed by atoms with van der Waals surface area (Å²) in [7, 11) is 3.24. The standard InChI is InChI=1S/C22H24N4O4/c1-28-17-10-8-15(9-11-17)14-23-22(27)26-12-4-7-19(26)21-24-20(25-30-21)16-5-3-6-18(13-16)29-2/h3,5-6,8-11,13,19H,4,7,12,14H2,1-2H3,(H,23,27)/t19-/m0/s1. The second-order valence-electron chi connectivity index (χ2n) is 7.05. The molecule has 0 spiro atoms. The Morgan fingerprint density at radius 2 is 1.97 bits per heavy atom. The van der Waals surface area contributed by atoms with E-state index in [1.54, 1.807) is 19.1 Å². The van der Waals surface area contributed by atoms with Crippen LogP contribution in [0.5, 0.6) is 11.5 Å². The molecule has 1 fully saturated rings. The normalized spacial score (nSPS) is 15.8. The van der Waals surface area contributed by atoms with Crippen molar-refractivity contribution >= 4 is 6.03 Å². The van der Waals surface area contributed by atoms with Gasteiger partial charge in [-0.25, -0.2) is 4.79 Å². The van der Waals surface area contributed by atoms with E-state index >= 15 is 0 Å². The number of rotatable bonds is 6. The first-order valence-electron chi connectivity index (χ1n) is 9.83. The molecule has 2 aromatic carbocycles. The fourth-order valence-electron chi connectivity index (χ4n) is 3.54. The number of ether oxygens (including phenoxy) is 2. The number of carbonyl (C=O) groups excluding carboxylic acids is 1. The minimum atomic E-state index is -0.229. The van der Waals surface area contributed by atoms with Gasteiger partial charge in [-0.15, -0.1) is 0 Å². The molecule has 0 unspecified atom stereocenters. The third-order valence-electron chi connectivity index (χ3n) is 5.17. The molecule has 1 N–H and O–H groups in total. The van der Waals surface area contributed by atoms with Gasteiger partial charge in [-0.05, 0) is 42.7 Å². The first-order chi connectivity index (χ1) is 14.7. The third-order valence-corrected chi connectivity index (χ3v) is 5.17. The topological polar surface area (TPSA) is 89.7 Å². The Morgan fingerprint density at radius 1 is 1.17 bits per heavy atom. The Morgan fingerprint density at radius 3 is 2.73 bits per heavy atom. The summed E-state index contributed by atoms with van der Waals surface area (Å²) < 4.78 is 15.9. The smallest absolute Gasteiger partial charge is 0.318 e. The van der Waals surface area contributed by atoms with Crippen LogP contribution >= 0.6 is 0 Å². The Hall–Kier alpha value is -3.55.